The van der Waals surface area contributed by atoms with Gasteiger partial charge in [0, 0.05) is 31.2 Å². The Balaban J connectivity index is 1.49. The zero-order chi connectivity index (χ0) is 21.1. The molecule has 2 heterocycles. The van der Waals surface area contributed by atoms with Gasteiger partial charge in [-0.1, -0.05) is 53.5 Å². The quantitative estimate of drug-likeness (QED) is 0.549. The third-order valence-electron chi connectivity index (χ3n) is 5.23. The number of fused-ring (bicyclic) bond motifs is 1. The van der Waals surface area contributed by atoms with Crippen molar-refractivity contribution < 1.29 is 9.47 Å². The fraction of sp³-hybridized carbons (Fsp3) is 0.261. The Kier molecular flexibility index (Phi) is 6.32. The molecule has 2 aromatic carbocycles. The molecule has 0 amide bonds. The first kappa shape index (κ1) is 20.8. The van der Waals surface area contributed by atoms with Gasteiger partial charge in [0.05, 0.1) is 19.0 Å². The van der Waals surface area contributed by atoms with Crippen molar-refractivity contribution in [3.8, 4) is 11.5 Å². The Bertz CT molecular complexity index is 1100. The zero-order valence-electron chi connectivity index (χ0n) is 16.6. The Morgan fingerprint density at radius 1 is 1.03 bits per heavy atom. The molecular formula is C23H22Cl2N2O3. The third kappa shape index (κ3) is 4.48. The molecule has 1 aromatic heterocycles. The normalized spacial score (nSPS) is 13.7. The van der Waals surface area contributed by atoms with Crippen LogP contribution in [0.1, 0.15) is 16.8 Å². The number of nitrogens with zero attached hydrogens (tertiary/aromatic N) is 2. The Hall–Kier alpha value is -2.47. The molecule has 0 bridgehead atoms. The second kappa shape index (κ2) is 9.13. The van der Waals surface area contributed by atoms with Gasteiger partial charge < -0.3 is 14.0 Å². The second-order valence-corrected chi connectivity index (χ2v) is 8.00. The summed E-state index contributed by atoms with van der Waals surface area (Å²) in [6.07, 6.45) is 1.76. The number of ether oxygens (including phenoxy) is 2. The third-order valence-corrected chi connectivity index (χ3v) is 5.99. The molecule has 30 heavy (non-hydrogen) atoms. The summed E-state index contributed by atoms with van der Waals surface area (Å²) in [7, 11) is 1.62. The van der Waals surface area contributed by atoms with Crippen LogP contribution in [0.3, 0.4) is 0 Å². The van der Waals surface area contributed by atoms with E-state index in [0.717, 1.165) is 40.7 Å². The topological polar surface area (TPSA) is 43.7 Å². The number of methoxy groups -OCH3 is 1. The van der Waals surface area contributed by atoms with Gasteiger partial charge in [-0.05, 0) is 29.3 Å². The number of hydrogen-bond donors (Lipinski definition) is 0. The van der Waals surface area contributed by atoms with Crippen LogP contribution in [0.2, 0.25) is 10.0 Å². The van der Waals surface area contributed by atoms with E-state index in [9.17, 15) is 4.79 Å². The average molecular weight is 445 g/mol. The maximum absolute atomic E-state index is 12.8. The number of hydrogen-bond acceptors (Lipinski definition) is 4. The number of pyridine rings is 1. The summed E-state index contributed by atoms with van der Waals surface area (Å²) >= 11 is 12.7. The summed E-state index contributed by atoms with van der Waals surface area (Å²) in [6.45, 7) is 3.12. The first-order valence-electron chi connectivity index (χ1n) is 9.68. The van der Waals surface area contributed by atoms with E-state index in [1.807, 2.05) is 53.1 Å². The van der Waals surface area contributed by atoms with Crippen molar-refractivity contribution in [3.63, 3.8) is 0 Å². The van der Waals surface area contributed by atoms with Gasteiger partial charge in [-0.15, -0.1) is 0 Å². The highest BCUT2D eigenvalue weighted by Crippen LogP contribution is 2.25. The van der Waals surface area contributed by atoms with Crippen molar-refractivity contribution in [1.82, 2.24) is 9.47 Å². The number of rotatable bonds is 6. The van der Waals surface area contributed by atoms with E-state index in [4.69, 9.17) is 32.7 Å². The van der Waals surface area contributed by atoms with E-state index in [1.54, 1.807) is 13.3 Å². The predicted molar refractivity (Wildman–Crippen MR) is 119 cm³/mol. The zero-order valence-corrected chi connectivity index (χ0v) is 18.1. The lowest BCUT2D eigenvalue weighted by molar-refractivity contribution is 0.208. The number of benzene rings is 2. The lowest BCUT2D eigenvalue weighted by Crippen LogP contribution is -2.35. The summed E-state index contributed by atoms with van der Waals surface area (Å²) < 4.78 is 13.0. The van der Waals surface area contributed by atoms with Gasteiger partial charge in [0.1, 0.15) is 17.4 Å². The van der Waals surface area contributed by atoms with Crippen LogP contribution in [0.4, 0.5) is 0 Å². The molecule has 1 aliphatic rings. The molecule has 5 nitrogen and oxygen atoms in total. The van der Waals surface area contributed by atoms with Gasteiger partial charge in [0.15, 0.2) is 5.75 Å². The van der Waals surface area contributed by atoms with E-state index in [0.29, 0.717) is 13.1 Å². The largest absolute Gasteiger partial charge is 0.497 e. The van der Waals surface area contributed by atoms with Crippen molar-refractivity contribution in [2.45, 2.75) is 26.2 Å². The first-order valence-corrected chi connectivity index (χ1v) is 10.4. The molecular weight excluding hydrogens is 423 g/mol. The van der Waals surface area contributed by atoms with Crippen molar-refractivity contribution in [2.24, 2.45) is 0 Å². The second-order valence-electron chi connectivity index (χ2n) is 7.22. The summed E-state index contributed by atoms with van der Waals surface area (Å²) in [5.74, 6) is 1.04. The van der Waals surface area contributed by atoms with E-state index in [1.165, 1.54) is 0 Å². The molecule has 0 spiro atoms. The molecule has 3 aromatic rings. The van der Waals surface area contributed by atoms with Crippen LogP contribution < -0.4 is 14.9 Å². The molecule has 0 saturated heterocycles. The Morgan fingerprint density at radius 3 is 2.53 bits per heavy atom. The molecule has 4 rings (SSSR count). The van der Waals surface area contributed by atoms with Crippen molar-refractivity contribution >= 4 is 23.2 Å². The van der Waals surface area contributed by atoms with E-state index < -0.39 is 0 Å². The van der Waals surface area contributed by atoms with Gasteiger partial charge in [-0.2, -0.15) is 0 Å². The lowest BCUT2D eigenvalue weighted by atomic mass is 10.1. The lowest BCUT2D eigenvalue weighted by Gasteiger charge is -2.31. The van der Waals surface area contributed by atoms with Crippen molar-refractivity contribution in [2.75, 3.05) is 13.7 Å². The fourth-order valence-electron chi connectivity index (χ4n) is 3.53. The monoisotopic (exact) mass is 444 g/mol. The van der Waals surface area contributed by atoms with Gasteiger partial charge in [0.25, 0.3) is 0 Å². The highest BCUT2D eigenvalue weighted by molar-refractivity contribution is 6.31. The minimum Gasteiger partial charge on any atom is -0.497 e. The Morgan fingerprint density at radius 2 is 1.80 bits per heavy atom. The molecule has 0 unspecified atom stereocenters. The molecule has 0 aliphatic carbocycles. The van der Waals surface area contributed by atoms with E-state index in [2.05, 4.69) is 4.90 Å². The number of halogens is 2. The predicted octanol–water partition coefficient (Wildman–Crippen LogP) is 4.76. The minimum atomic E-state index is -0.281. The molecule has 0 radical (unpaired) electrons. The summed E-state index contributed by atoms with van der Waals surface area (Å²) in [4.78, 5) is 15.0. The van der Waals surface area contributed by atoms with Crippen LogP contribution in [-0.4, -0.2) is 23.1 Å². The van der Waals surface area contributed by atoms with Gasteiger partial charge in [0.2, 0.25) is 5.43 Å². The maximum Gasteiger partial charge on any atom is 0.242 e. The van der Waals surface area contributed by atoms with Crippen LogP contribution in [0.25, 0.3) is 0 Å². The fourth-order valence-corrected chi connectivity index (χ4v) is 3.99. The van der Waals surface area contributed by atoms with Crippen LogP contribution in [0.5, 0.6) is 11.5 Å². The SMILES string of the molecule is COc1ccc(COc2cn3c(c(Cl)c2=O)CN(Cc2ccccc2Cl)CC3)cc1. The molecule has 156 valence electrons. The van der Waals surface area contributed by atoms with Crippen LogP contribution in [0, 0.1) is 0 Å². The average Bonchev–Trinajstić information content (AvgIpc) is 2.77. The van der Waals surface area contributed by atoms with Crippen LogP contribution >= 0.6 is 23.2 Å². The summed E-state index contributed by atoms with van der Waals surface area (Å²) in [6, 6.07) is 15.3. The molecule has 7 heteroatoms. The standard InChI is InChI=1S/C23H22Cl2N2O3/c1-29-18-8-6-16(7-9-18)15-30-21-14-27-11-10-26(13-20(27)22(25)23(21)28)12-17-4-2-3-5-19(17)24/h2-9,14H,10-13,15H2,1H3. The van der Waals surface area contributed by atoms with Gasteiger partial charge in [-0.3, -0.25) is 9.69 Å². The molecule has 1 aliphatic heterocycles. The molecule has 0 N–H and O–H groups in total. The maximum atomic E-state index is 12.8. The molecule has 0 saturated carbocycles. The Labute approximate surface area is 185 Å². The highest BCUT2D eigenvalue weighted by atomic mass is 35.5. The number of aromatic nitrogens is 1. The summed E-state index contributed by atoms with van der Waals surface area (Å²) in [5.41, 5.74) is 2.53. The van der Waals surface area contributed by atoms with Gasteiger partial charge >= 0.3 is 0 Å². The summed E-state index contributed by atoms with van der Waals surface area (Å²) in [5, 5.41) is 0.958. The van der Waals surface area contributed by atoms with E-state index >= 15 is 0 Å². The van der Waals surface area contributed by atoms with Crippen molar-refractivity contribution in [3.05, 3.63) is 91.8 Å². The van der Waals surface area contributed by atoms with Crippen LogP contribution in [-0.2, 0) is 26.2 Å². The smallest absolute Gasteiger partial charge is 0.242 e. The van der Waals surface area contributed by atoms with Crippen molar-refractivity contribution in [1.29, 1.82) is 0 Å². The molecule has 0 fully saturated rings. The minimum absolute atomic E-state index is 0.214. The van der Waals surface area contributed by atoms with E-state index in [-0.39, 0.29) is 22.8 Å². The van der Waals surface area contributed by atoms with Gasteiger partial charge in [-0.25, -0.2) is 0 Å². The van der Waals surface area contributed by atoms with Crippen LogP contribution in [0.15, 0.2) is 59.5 Å². The molecule has 0 atom stereocenters. The highest BCUT2D eigenvalue weighted by Gasteiger charge is 2.22. The first-order chi connectivity index (χ1) is 14.5.